The molecule has 0 rings (SSSR count). The Labute approximate surface area is 73.0 Å². The predicted molar refractivity (Wildman–Crippen MR) is 46.7 cm³/mol. The van der Waals surface area contributed by atoms with Crippen LogP contribution in [-0.4, -0.2) is 23.8 Å². The minimum Gasteiger partial charge on any atom is -0.460 e. The van der Waals surface area contributed by atoms with Crippen LogP contribution in [0, 0.1) is 0 Å². The maximum Gasteiger partial charge on any atom is 0.335 e. The van der Waals surface area contributed by atoms with Gasteiger partial charge < -0.3 is 9.84 Å². The maximum absolute atomic E-state index is 10.9. The van der Waals surface area contributed by atoms with E-state index < -0.39 is 12.1 Å². The lowest BCUT2D eigenvalue weighted by Crippen LogP contribution is -2.22. The molecule has 3 nitrogen and oxygen atoms in total. The summed E-state index contributed by atoms with van der Waals surface area (Å²) in [5, 5.41) is 9.17. The number of hydrogen-bond acceptors (Lipinski definition) is 3. The highest BCUT2D eigenvalue weighted by Gasteiger charge is 2.14. The average Bonchev–Trinajstić information content (AvgIpc) is 2.10. The highest BCUT2D eigenvalue weighted by Crippen LogP contribution is 2.01. The fraction of sp³-hybridized carbons (Fsp3) is 0.667. The van der Waals surface area contributed by atoms with E-state index >= 15 is 0 Å². The highest BCUT2D eigenvalue weighted by molar-refractivity contribution is 5.74. The van der Waals surface area contributed by atoms with Crippen LogP contribution in [0.3, 0.4) is 0 Å². The zero-order chi connectivity index (χ0) is 9.40. The van der Waals surface area contributed by atoms with Crippen LogP contribution < -0.4 is 0 Å². The van der Waals surface area contributed by atoms with Crippen molar-refractivity contribution in [2.75, 3.05) is 6.61 Å². The quantitative estimate of drug-likeness (QED) is 0.484. The summed E-state index contributed by atoms with van der Waals surface area (Å²) < 4.78 is 4.64. The van der Waals surface area contributed by atoms with E-state index in [1.807, 2.05) is 6.92 Å². The number of carbonyl (C=O) groups excluding carboxylic acids is 1. The Balaban J connectivity index is 3.53. The summed E-state index contributed by atoms with van der Waals surface area (Å²) in [5.74, 6) is -0.552. The fourth-order valence-electron chi connectivity index (χ4n) is 0.753. The molecule has 0 spiro atoms. The summed E-state index contributed by atoms with van der Waals surface area (Å²) in [6, 6.07) is 0. The van der Waals surface area contributed by atoms with Crippen molar-refractivity contribution in [1.82, 2.24) is 0 Å². The number of aliphatic hydroxyl groups excluding tert-OH is 1. The van der Waals surface area contributed by atoms with Gasteiger partial charge in [-0.15, -0.1) is 0 Å². The van der Waals surface area contributed by atoms with Crippen molar-refractivity contribution in [1.29, 1.82) is 0 Å². The van der Waals surface area contributed by atoms with Gasteiger partial charge in [0, 0.05) is 0 Å². The van der Waals surface area contributed by atoms with E-state index in [-0.39, 0.29) is 6.61 Å². The molecular weight excluding hydrogens is 156 g/mol. The summed E-state index contributed by atoms with van der Waals surface area (Å²) in [6.07, 6.45) is 2.79. The van der Waals surface area contributed by atoms with Gasteiger partial charge in [-0.1, -0.05) is 32.4 Å². The molecule has 0 aromatic carbocycles. The van der Waals surface area contributed by atoms with Crippen LogP contribution in [-0.2, 0) is 9.53 Å². The Morgan fingerprint density at radius 3 is 2.92 bits per heavy atom. The molecular formula is C9H16O3. The van der Waals surface area contributed by atoms with Crippen molar-refractivity contribution < 1.29 is 14.6 Å². The molecule has 0 aromatic rings. The molecule has 1 N–H and O–H groups in total. The minimum absolute atomic E-state index is 0.169. The van der Waals surface area contributed by atoms with Crippen molar-refractivity contribution in [3.8, 4) is 0 Å². The van der Waals surface area contributed by atoms with Crippen LogP contribution in [0.4, 0.5) is 0 Å². The first-order valence-corrected chi connectivity index (χ1v) is 4.18. The van der Waals surface area contributed by atoms with Crippen LogP contribution in [0.2, 0.25) is 0 Å². The Morgan fingerprint density at radius 2 is 2.42 bits per heavy atom. The third-order valence-corrected chi connectivity index (χ3v) is 1.45. The molecule has 0 aliphatic heterocycles. The van der Waals surface area contributed by atoms with Crippen LogP contribution in [0.5, 0.6) is 0 Å². The van der Waals surface area contributed by atoms with E-state index in [9.17, 15) is 4.79 Å². The Kier molecular flexibility index (Phi) is 6.38. The van der Waals surface area contributed by atoms with E-state index in [4.69, 9.17) is 5.11 Å². The fourth-order valence-corrected chi connectivity index (χ4v) is 0.753. The molecule has 70 valence electrons. The number of unbranched alkanes of at least 4 members (excludes halogenated alkanes) is 1. The van der Waals surface area contributed by atoms with Crippen LogP contribution >= 0.6 is 0 Å². The Hall–Kier alpha value is -0.830. The molecule has 0 saturated heterocycles. The topological polar surface area (TPSA) is 46.5 Å². The van der Waals surface area contributed by atoms with E-state index in [0.29, 0.717) is 6.42 Å². The molecule has 3 heteroatoms. The zero-order valence-corrected chi connectivity index (χ0v) is 7.45. The SMILES string of the molecule is C=CCOC(=O)C(O)CCCC. The van der Waals surface area contributed by atoms with Gasteiger partial charge in [-0.05, 0) is 6.42 Å². The Bertz CT molecular complexity index is 143. The van der Waals surface area contributed by atoms with E-state index in [1.54, 1.807) is 0 Å². The highest BCUT2D eigenvalue weighted by atomic mass is 16.5. The second-order valence-corrected chi connectivity index (χ2v) is 2.58. The smallest absolute Gasteiger partial charge is 0.335 e. The van der Waals surface area contributed by atoms with Gasteiger partial charge >= 0.3 is 5.97 Å². The molecule has 0 radical (unpaired) electrons. The van der Waals surface area contributed by atoms with Crippen LogP contribution in [0.15, 0.2) is 12.7 Å². The van der Waals surface area contributed by atoms with Gasteiger partial charge in [-0.2, -0.15) is 0 Å². The molecule has 0 aliphatic rings. The molecule has 12 heavy (non-hydrogen) atoms. The molecule has 0 heterocycles. The van der Waals surface area contributed by atoms with Gasteiger partial charge in [0.2, 0.25) is 0 Å². The maximum atomic E-state index is 10.9. The second kappa shape index (κ2) is 6.85. The first-order chi connectivity index (χ1) is 5.72. The summed E-state index contributed by atoms with van der Waals surface area (Å²) >= 11 is 0. The standard InChI is InChI=1S/C9H16O3/c1-3-5-6-8(10)9(11)12-7-4-2/h4,8,10H,2-3,5-7H2,1H3. The van der Waals surface area contributed by atoms with Gasteiger partial charge in [0.15, 0.2) is 6.10 Å². The van der Waals surface area contributed by atoms with Crippen molar-refractivity contribution in [3.63, 3.8) is 0 Å². The summed E-state index contributed by atoms with van der Waals surface area (Å²) in [4.78, 5) is 10.9. The number of rotatable bonds is 6. The summed E-state index contributed by atoms with van der Waals surface area (Å²) in [6.45, 7) is 5.57. The molecule has 0 saturated carbocycles. The predicted octanol–water partition coefficient (Wildman–Crippen LogP) is 1.27. The first-order valence-electron chi connectivity index (χ1n) is 4.18. The zero-order valence-electron chi connectivity index (χ0n) is 7.45. The number of aliphatic hydroxyl groups is 1. The lowest BCUT2D eigenvalue weighted by atomic mass is 10.2. The lowest BCUT2D eigenvalue weighted by molar-refractivity contribution is -0.152. The first kappa shape index (κ1) is 11.2. The third kappa shape index (κ3) is 4.91. The molecule has 1 unspecified atom stereocenters. The molecule has 0 amide bonds. The summed E-state index contributed by atoms with van der Waals surface area (Å²) in [5.41, 5.74) is 0. The van der Waals surface area contributed by atoms with Crippen molar-refractivity contribution in [3.05, 3.63) is 12.7 Å². The normalized spacial score (nSPS) is 12.2. The van der Waals surface area contributed by atoms with Crippen molar-refractivity contribution >= 4 is 5.97 Å². The van der Waals surface area contributed by atoms with Gasteiger partial charge in [-0.3, -0.25) is 0 Å². The van der Waals surface area contributed by atoms with E-state index in [2.05, 4.69) is 11.3 Å². The van der Waals surface area contributed by atoms with Gasteiger partial charge in [-0.25, -0.2) is 4.79 Å². The van der Waals surface area contributed by atoms with Crippen LogP contribution in [0.25, 0.3) is 0 Å². The minimum atomic E-state index is -0.968. The number of carbonyl (C=O) groups is 1. The molecule has 1 atom stereocenters. The van der Waals surface area contributed by atoms with Gasteiger partial charge in [0.25, 0.3) is 0 Å². The van der Waals surface area contributed by atoms with E-state index in [1.165, 1.54) is 6.08 Å². The van der Waals surface area contributed by atoms with Crippen LogP contribution in [0.1, 0.15) is 26.2 Å². The Morgan fingerprint density at radius 1 is 1.75 bits per heavy atom. The lowest BCUT2D eigenvalue weighted by Gasteiger charge is -2.07. The number of ether oxygens (including phenoxy) is 1. The monoisotopic (exact) mass is 172 g/mol. The van der Waals surface area contributed by atoms with Crippen molar-refractivity contribution in [2.45, 2.75) is 32.3 Å². The molecule has 0 aromatic heterocycles. The average molecular weight is 172 g/mol. The van der Waals surface area contributed by atoms with Gasteiger partial charge in [0.1, 0.15) is 6.61 Å². The number of esters is 1. The largest absolute Gasteiger partial charge is 0.460 e. The van der Waals surface area contributed by atoms with Crippen molar-refractivity contribution in [2.24, 2.45) is 0 Å². The molecule has 0 bridgehead atoms. The second-order valence-electron chi connectivity index (χ2n) is 2.58. The number of hydrogen-bond donors (Lipinski definition) is 1. The third-order valence-electron chi connectivity index (χ3n) is 1.45. The molecule has 0 fully saturated rings. The van der Waals surface area contributed by atoms with Gasteiger partial charge in [0.05, 0.1) is 0 Å². The summed E-state index contributed by atoms with van der Waals surface area (Å²) in [7, 11) is 0. The van der Waals surface area contributed by atoms with E-state index in [0.717, 1.165) is 12.8 Å². The molecule has 0 aliphatic carbocycles.